The van der Waals surface area contributed by atoms with Gasteiger partial charge in [-0.1, -0.05) is 35.9 Å². The second kappa shape index (κ2) is 10.2. The van der Waals surface area contributed by atoms with Crippen molar-refractivity contribution < 1.29 is 14.3 Å². The third kappa shape index (κ3) is 5.15. The summed E-state index contributed by atoms with van der Waals surface area (Å²) < 4.78 is 6.03. The number of fused-ring (bicyclic) bond motifs is 1. The summed E-state index contributed by atoms with van der Waals surface area (Å²) in [7, 11) is 0. The van der Waals surface area contributed by atoms with Crippen LogP contribution < -0.4 is 10.1 Å². The molecule has 0 aliphatic carbocycles. The van der Waals surface area contributed by atoms with Gasteiger partial charge in [-0.2, -0.15) is 0 Å². The van der Waals surface area contributed by atoms with E-state index in [1.54, 1.807) is 47.6 Å². The fraction of sp³-hybridized carbons (Fsp3) is 0.222. The summed E-state index contributed by atoms with van der Waals surface area (Å²) >= 11 is 6.46. The zero-order valence-electron chi connectivity index (χ0n) is 19.0. The van der Waals surface area contributed by atoms with Crippen LogP contribution in [0.5, 0.6) is 5.75 Å². The van der Waals surface area contributed by atoms with Crippen molar-refractivity contribution >= 4 is 34.3 Å². The fourth-order valence-corrected chi connectivity index (χ4v) is 4.62. The topological polar surface area (TPSA) is 87.3 Å². The normalized spacial score (nSPS) is 15.1. The summed E-state index contributed by atoms with van der Waals surface area (Å²) in [6, 6.07) is 17.2. The molecule has 8 heteroatoms. The van der Waals surface area contributed by atoms with Gasteiger partial charge in [-0.15, -0.1) is 0 Å². The van der Waals surface area contributed by atoms with Crippen LogP contribution in [0.4, 0.5) is 0 Å². The van der Waals surface area contributed by atoms with E-state index in [0.717, 1.165) is 16.7 Å². The Morgan fingerprint density at radius 3 is 2.60 bits per heavy atom. The van der Waals surface area contributed by atoms with Gasteiger partial charge >= 0.3 is 0 Å². The van der Waals surface area contributed by atoms with E-state index in [1.807, 2.05) is 36.5 Å². The van der Waals surface area contributed by atoms with Crippen LogP contribution in [0.1, 0.15) is 34.8 Å². The molecule has 3 heterocycles. The van der Waals surface area contributed by atoms with Crippen molar-refractivity contribution in [1.82, 2.24) is 20.2 Å². The van der Waals surface area contributed by atoms with Crippen LogP contribution in [0.25, 0.3) is 10.9 Å². The number of likely N-dealkylation sites (tertiary alicyclic amines) is 1. The van der Waals surface area contributed by atoms with Crippen LogP contribution in [0.2, 0.25) is 5.02 Å². The third-order valence-corrected chi connectivity index (χ3v) is 6.61. The first-order chi connectivity index (χ1) is 17.1. The molecule has 2 aromatic heterocycles. The lowest BCUT2D eigenvalue weighted by atomic mass is 10.0. The van der Waals surface area contributed by atoms with E-state index in [1.165, 1.54) is 0 Å². The van der Waals surface area contributed by atoms with Crippen molar-refractivity contribution in [1.29, 1.82) is 0 Å². The molecule has 2 aromatic carbocycles. The van der Waals surface area contributed by atoms with Gasteiger partial charge in [0.2, 0.25) is 5.91 Å². The highest BCUT2D eigenvalue weighted by atomic mass is 35.5. The number of carbonyl (C=O) groups is 2. The monoisotopic (exact) mass is 488 g/mol. The summed E-state index contributed by atoms with van der Waals surface area (Å²) in [6.45, 7) is 1.06. The van der Waals surface area contributed by atoms with E-state index >= 15 is 0 Å². The number of nitrogens with one attached hydrogen (secondary N) is 2. The van der Waals surface area contributed by atoms with Crippen molar-refractivity contribution in [3.63, 3.8) is 0 Å². The summed E-state index contributed by atoms with van der Waals surface area (Å²) in [4.78, 5) is 35.7. The first-order valence-electron chi connectivity index (χ1n) is 11.6. The van der Waals surface area contributed by atoms with Crippen LogP contribution in [0.3, 0.4) is 0 Å². The van der Waals surface area contributed by atoms with Crippen molar-refractivity contribution in [3.8, 4) is 5.75 Å². The number of hydrogen-bond acceptors (Lipinski definition) is 4. The number of aromatic amines is 1. The number of H-pyrrole nitrogens is 1. The Bertz CT molecular complexity index is 1330. The van der Waals surface area contributed by atoms with Gasteiger partial charge in [0, 0.05) is 66.2 Å². The average molecular weight is 489 g/mol. The molecule has 5 rings (SSSR count). The van der Waals surface area contributed by atoms with Crippen molar-refractivity contribution in [2.24, 2.45) is 0 Å². The lowest BCUT2D eigenvalue weighted by Gasteiger charge is -2.34. The zero-order chi connectivity index (χ0) is 24.2. The predicted octanol–water partition coefficient (Wildman–Crippen LogP) is 4.76. The molecule has 35 heavy (non-hydrogen) atoms. The maximum atomic E-state index is 13.7. The molecule has 0 bridgehead atoms. The predicted molar refractivity (Wildman–Crippen MR) is 134 cm³/mol. The molecule has 7 nitrogen and oxygen atoms in total. The maximum absolute atomic E-state index is 13.7. The average Bonchev–Trinajstić information content (AvgIpc) is 3.36. The highest BCUT2D eigenvalue weighted by Gasteiger charge is 2.32. The first kappa shape index (κ1) is 22.9. The number of benzene rings is 2. The highest BCUT2D eigenvalue weighted by Crippen LogP contribution is 2.27. The Hall–Kier alpha value is -3.84. The van der Waals surface area contributed by atoms with E-state index in [9.17, 15) is 9.59 Å². The van der Waals surface area contributed by atoms with E-state index in [4.69, 9.17) is 16.3 Å². The molecule has 2 amide bonds. The van der Waals surface area contributed by atoms with E-state index in [0.29, 0.717) is 42.1 Å². The van der Waals surface area contributed by atoms with Crippen molar-refractivity contribution in [3.05, 3.63) is 95.4 Å². The van der Waals surface area contributed by atoms with E-state index in [-0.39, 0.29) is 17.9 Å². The molecule has 178 valence electrons. The Morgan fingerprint density at radius 2 is 1.83 bits per heavy atom. The Kier molecular flexibility index (Phi) is 6.68. The molecule has 1 fully saturated rings. The van der Waals surface area contributed by atoms with Crippen LogP contribution in [0, 0.1) is 0 Å². The van der Waals surface area contributed by atoms with Crippen LogP contribution in [-0.4, -0.2) is 45.9 Å². The lowest BCUT2D eigenvalue weighted by molar-refractivity contribution is -0.135. The number of amides is 2. The second-order valence-electron chi connectivity index (χ2n) is 8.53. The number of halogens is 1. The minimum Gasteiger partial charge on any atom is -0.490 e. The summed E-state index contributed by atoms with van der Waals surface area (Å²) in [6.07, 6.45) is 6.62. The molecule has 0 saturated carbocycles. The summed E-state index contributed by atoms with van der Waals surface area (Å²) in [5.74, 6) is 0.246. The fourth-order valence-electron chi connectivity index (χ4n) is 4.37. The van der Waals surface area contributed by atoms with Crippen LogP contribution in [0.15, 0.2) is 79.3 Å². The number of piperidine rings is 1. The Labute approximate surface area is 208 Å². The molecular weight excluding hydrogens is 464 g/mol. The number of ether oxygens (including phenoxy) is 1. The molecular formula is C27H25ClN4O3. The van der Waals surface area contributed by atoms with E-state index in [2.05, 4.69) is 15.3 Å². The third-order valence-electron chi connectivity index (χ3n) is 6.26. The molecule has 1 unspecified atom stereocenters. The summed E-state index contributed by atoms with van der Waals surface area (Å²) in [5.41, 5.74) is 1.90. The van der Waals surface area contributed by atoms with Gasteiger partial charge in [0.15, 0.2) is 0 Å². The minimum absolute atomic E-state index is 0.0160. The van der Waals surface area contributed by atoms with Gasteiger partial charge in [0.05, 0.1) is 0 Å². The minimum atomic E-state index is -0.895. The molecule has 1 atom stereocenters. The smallest absolute Gasteiger partial charge is 0.252 e. The summed E-state index contributed by atoms with van der Waals surface area (Å²) in [5, 5.41) is 4.37. The largest absolute Gasteiger partial charge is 0.490 e. The van der Waals surface area contributed by atoms with Gasteiger partial charge in [0.25, 0.3) is 5.91 Å². The first-order valence-corrected chi connectivity index (χ1v) is 11.9. The zero-order valence-corrected chi connectivity index (χ0v) is 19.7. The number of rotatable bonds is 6. The maximum Gasteiger partial charge on any atom is 0.252 e. The van der Waals surface area contributed by atoms with Gasteiger partial charge < -0.3 is 19.9 Å². The molecule has 2 N–H and O–H groups in total. The highest BCUT2D eigenvalue weighted by molar-refractivity contribution is 6.31. The molecule has 0 spiro atoms. The Balaban J connectivity index is 1.32. The van der Waals surface area contributed by atoms with Gasteiger partial charge in [-0.3, -0.25) is 14.6 Å². The quantitative estimate of drug-likeness (QED) is 0.409. The van der Waals surface area contributed by atoms with Crippen molar-refractivity contribution in [2.45, 2.75) is 25.0 Å². The number of nitrogens with zero attached hydrogens (tertiary/aromatic N) is 2. The van der Waals surface area contributed by atoms with E-state index < -0.39 is 6.04 Å². The number of hydrogen-bond donors (Lipinski definition) is 2. The number of aromatic nitrogens is 2. The molecule has 0 radical (unpaired) electrons. The Morgan fingerprint density at radius 1 is 1.06 bits per heavy atom. The molecule has 1 aliphatic heterocycles. The molecule has 1 aliphatic rings. The molecule has 1 saturated heterocycles. The SMILES string of the molecule is O=C(NC(C(=O)N1CCC(Oc2ccncc2)CC1)c1ccccc1Cl)c1ccc2cc[nH]c2c1. The second-order valence-corrected chi connectivity index (χ2v) is 8.94. The van der Waals surface area contributed by atoms with Crippen LogP contribution in [-0.2, 0) is 4.79 Å². The van der Waals surface area contributed by atoms with Gasteiger partial charge in [0.1, 0.15) is 17.9 Å². The molecule has 4 aromatic rings. The lowest BCUT2D eigenvalue weighted by Crippen LogP contribution is -2.47. The van der Waals surface area contributed by atoms with Gasteiger partial charge in [-0.25, -0.2) is 0 Å². The standard InChI is InChI=1S/C27H25ClN4O3/c28-23-4-2-1-3-22(23)25(31-26(33)19-6-5-18-7-14-30-24(18)17-19)27(34)32-15-10-21(11-16-32)35-20-8-12-29-13-9-20/h1-9,12-14,17,21,25,30H,10-11,15-16H2,(H,31,33). The van der Waals surface area contributed by atoms with Crippen LogP contribution >= 0.6 is 11.6 Å². The van der Waals surface area contributed by atoms with Crippen molar-refractivity contribution in [2.75, 3.05) is 13.1 Å². The van der Waals surface area contributed by atoms with Gasteiger partial charge in [-0.05, 0) is 41.8 Å². The number of carbonyl (C=O) groups excluding carboxylic acids is 2. The number of pyridine rings is 1.